The van der Waals surface area contributed by atoms with Crippen molar-refractivity contribution in [2.24, 2.45) is 0 Å². The summed E-state index contributed by atoms with van der Waals surface area (Å²) in [5, 5.41) is 7.96. The zero-order valence-electron chi connectivity index (χ0n) is 11.2. The molecule has 1 aromatic rings. The molecule has 7 nitrogen and oxygen atoms in total. The lowest BCUT2D eigenvalue weighted by atomic mass is 10.4. The molecular formula is C11H17N5O2S. The summed E-state index contributed by atoms with van der Waals surface area (Å²) >= 11 is 1.26. The molecular weight excluding hydrogens is 266 g/mol. The highest BCUT2D eigenvalue weighted by molar-refractivity contribution is 8.00. The van der Waals surface area contributed by atoms with Gasteiger partial charge in [0, 0.05) is 19.0 Å². The summed E-state index contributed by atoms with van der Waals surface area (Å²) in [5.74, 6) is 0.0320. The maximum Gasteiger partial charge on any atom is 0.243 e. The van der Waals surface area contributed by atoms with Gasteiger partial charge < -0.3 is 5.73 Å². The van der Waals surface area contributed by atoms with Crippen molar-refractivity contribution in [3.05, 3.63) is 0 Å². The smallest absolute Gasteiger partial charge is 0.243 e. The molecule has 0 saturated carbocycles. The predicted octanol–water partition coefficient (Wildman–Crippen LogP) is 0.681. The van der Waals surface area contributed by atoms with Crippen LogP contribution in [-0.2, 0) is 9.59 Å². The molecule has 0 spiro atoms. The van der Waals surface area contributed by atoms with Gasteiger partial charge in [0.25, 0.3) is 0 Å². The number of nitrogen functional groups attached to an aromatic ring is 1. The Morgan fingerprint density at radius 3 is 2.63 bits per heavy atom. The van der Waals surface area contributed by atoms with Crippen molar-refractivity contribution in [3.63, 3.8) is 0 Å². The largest absolute Gasteiger partial charge is 0.368 e. The number of amides is 2. The van der Waals surface area contributed by atoms with Gasteiger partial charge in [0.2, 0.25) is 17.8 Å². The fourth-order valence-corrected chi connectivity index (χ4v) is 3.27. The van der Waals surface area contributed by atoms with Gasteiger partial charge in [0.15, 0.2) is 5.16 Å². The number of likely N-dealkylation sites (tertiary alicyclic amines) is 1. The number of hydrogen-bond donors (Lipinski definition) is 1. The van der Waals surface area contributed by atoms with Gasteiger partial charge in [-0.05, 0) is 20.8 Å². The van der Waals surface area contributed by atoms with Crippen LogP contribution < -0.4 is 5.73 Å². The van der Waals surface area contributed by atoms with Crippen molar-refractivity contribution >= 4 is 29.5 Å². The van der Waals surface area contributed by atoms with Crippen LogP contribution in [0, 0.1) is 0 Å². The van der Waals surface area contributed by atoms with E-state index in [9.17, 15) is 9.59 Å². The Bertz CT molecular complexity index is 513. The summed E-state index contributed by atoms with van der Waals surface area (Å²) in [6, 6.07) is 0.104. The minimum absolute atomic E-state index is 0.104. The molecule has 0 bridgehead atoms. The van der Waals surface area contributed by atoms with Gasteiger partial charge in [-0.1, -0.05) is 11.8 Å². The number of aromatic nitrogens is 3. The normalized spacial score (nSPS) is 19.8. The van der Waals surface area contributed by atoms with E-state index in [-0.39, 0.29) is 24.3 Å². The Labute approximate surface area is 115 Å². The summed E-state index contributed by atoms with van der Waals surface area (Å²) < 4.78 is 1.76. The Hall–Kier alpha value is -1.57. The molecule has 2 rings (SSSR count). The van der Waals surface area contributed by atoms with E-state index in [1.54, 1.807) is 11.5 Å². The van der Waals surface area contributed by atoms with Crippen molar-refractivity contribution in [1.82, 2.24) is 19.7 Å². The van der Waals surface area contributed by atoms with Crippen LogP contribution in [-0.4, -0.2) is 43.3 Å². The van der Waals surface area contributed by atoms with Crippen LogP contribution in [0.4, 0.5) is 5.95 Å². The van der Waals surface area contributed by atoms with Gasteiger partial charge in [0.05, 0.1) is 0 Å². The van der Waals surface area contributed by atoms with Crippen LogP contribution in [0.3, 0.4) is 0 Å². The van der Waals surface area contributed by atoms with E-state index >= 15 is 0 Å². The van der Waals surface area contributed by atoms with Crippen LogP contribution in [0.2, 0.25) is 0 Å². The van der Waals surface area contributed by atoms with Gasteiger partial charge in [-0.15, -0.1) is 10.2 Å². The van der Waals surface area contributed by atoms with E-state index < -0.39 is 5.25 Å². The maximum atomic E-state index is 12.0. The Kier molecular flexibility index (Phi) is 3.79. The second kappa shape index (κ2) is 5.20. The number of imide groups is 1. The van der Waals surface area contributed by atoms with Crippen LogP contribution >= 0.6 is 11.8 Å². The van der Waals surface area contributed by atoms with Gasteiger partial charge in [-0.25, -0.2) is 0 Å². The van der Waals surface area contributed by atoms with E-state index in [0.717, 1.165) is 0 Å². The molecule has 1 saturated heterocycles. The Morgan fingerprint density at radius 1 is 1.42 bits per heavy atom. The molecule has 2 amide bonds. The number of rotatable bonds is 4. The lowest BCUT2D eigenvalue weighted by Crippen LogP contribution is -2.30. The first-order chi connectivity index (χ1) is 8.95. The van der Waals surface area contributed by atoms with Crippen LogP contribution in [0.15, 0.2) is 5.16 Å². The maximum absolute atomic E-state index is 12.0. The van der Waals surface area contributed by atoms with Crippen LogP contribution in [0.5, 0.6) is 0 Å². The molecule has 0 aromatic carbocycles. The molecule has 0 aliphatic carbocycles. The minimum atomic E-state index is -0.423. The molecule has 2 heterocycles. The average molecular weight is 283 g/mol. The second-order valence-corrected chi connectivity index (χ2v) is 5.76. The third kappa shape index (κ3) is 2.44. The standard InChI is InChI=1S/C11H17N5O2S/c1-4-15-8(17)5-7(9(15)18)19-11-14-13-10(12)16(11)6(2)3/h6-7H,4-5H2,1-3H3,(H2,12,13). The molecule has 104 valence electrons. The first kappa shape index (κ1) is 13.9. The highest BCUT2D eigenvalue weighted by atomic mass is 32.2. The number of carbonyl (C=O) groups excluding carboxylic acids is 2. The molecule has 8 heteroatoms. The summed E-state index contributed by atoms with van der Waals surface area (Å²) in [6.45, 7) is 6.12. The molecule has 1 aliphatic rings. The van der Waals surface area contributed by atoms with Gasteiger partial charge in [-0.3, -0.25) is 19.1 Å². The minimum Gasteiger partial charge on any atom is -0.368 e. The molecule has 1 atom stereocenters. The van der Waals surface area contributed by atoms with Crippen molar-refractivity contribution in [3.8, 4) is 0 Å². The highest BCUT2D eigenvalue weighted by Gasteiger charge is 2.39. The monoisotopic (exact) mass is 283 g/mol. The molecule has 2 N–H and O–H groups in total. The second-order valence-electron chi connectivity index (χ2n) is 4.59. The lowest BCUT2D eigenvalue weighted by Gasteiger charge is -2.14. The zero-order valence-corrected chi connectivity index (χ0v) is 12.0. The third-order valence-electron chi connectivity index (χ3n) is 2.97. The molecule has 1 aliphatic heterocycles. The number of thioether (sulfide) groups is 1. The van der Waals surface area contributed by atoms with E-state index in [2.05, 4.69) is 10.2 Å². The summed E-state index contributed by atoms with van der Waals surface area (Å²) in [5.41, 5.74) is 5.75. The molecule has 1 fully saturated rings. The summed E-state index contributed by atoms with van der Waals surface area (Å²) in [6.07, 6.45) is 0.211. The first-order valence-electron chi connectivity index (χ1n) is 6.17. The highest BCUT2D eigenvalue weighted by Crippen LogP contribution is 2.32. The first-order valence-corrected chi connectivity index (χ1v) is 7.04. The van der Waals surface area contributed by atoms with Crippen molar-refractivity contribution < 1.29 is 9.59 Å². The number of hydrogen-bond acceptors (Lipinski definition) is 6. The van der Waals surface area contributed by atoms with E-state index in [1.807, 2.05) is 13.8 Å². The van der Waals surface area contributed by atoms with E-state index in [4.69, 9.17) is 5.73 Å². The summed E-state index contributed by atoms with van der Waals surface area (Å²) in [4.78, 5) is 25.0. The number of nitrogens with two attached hydrogens (primary N) is 1. The van der Waals surface area contributed by atoms with Crippen molar-refractivity contribution in [1.29, 1.82) is 0 Å². The number of carbonyl (C=O) groups is 2. The fraction of sp³-hybridized carbons (Fsp3) is 0.636. The third-order valence-corrected chi connectivity index (χ3v) is 4.12. The number of nitrogens with zero attached hydrogens (tertiary/aromatic N) is 4. The van der Waals surface area contributed by atoms with E-state index in [0.29, 0.717) is 17.6 Å². The van der Waals surface area contributed by atoms with Gasteiger partial charge in [0.1, 0.15) is 5.25 Å². The molecule has 0 radical (unpaired) electrons. The fourth-order valence-electron chi connectivity index (χ4n) is 2.06. The average Bonchev–Trinajstić information content (AvgIpc) is 2.81. The quantitative estimate of drug-likeness (QED) is 0.817. The lowest BCUT2D eigenvalue weighted by molar-refractivity contribution is -0.137. The topological polar surface area (TPSA) is 94.1 Å². The van der Waals surface area contributed by atoms with Crippen molar-refractivity contribution in [2.45, 2.75) is 43.6 Å². The van der Waals surface area contributed by atoms with Gasteiger partial charge >= 0.3 is 0 Å². The molecule has 1 aromatic heterocycles. The predicted molar refractivity (Wildman–Crippen MR) is 71.5 cm³/mol. The Morgan fingerprint density at radius 2 is 2.11 bits per heavy atom. The SMILES string of the molecule is CCN1C(=O)CC(Sc2nnc(N)n2C(C)C)C1=O. The molecule has 1 unspecified atom stereocenters. The summed E-state index contributed by atoms with van der Waals surface area (Å²) in [7, 11) is 0. The van der Waals surface area contributed by atoms with Crippen LogP contribution in [0.1, 0.15) is 33.2 Å². The Balaban J connectivity index is 2.19. The van der Waals surface area contributed by atoms with Crippen molar-refractivity contribution in [2.75, 3.05) is 12.3 Å². The van der Waals surface area contributed by atoms with Gasteiger partial charge in [-0.2, -0.15) is 0 Å². The van der Waals surface area contributed by atoms with Crippen LogP contribution in [0.25, 0.3) is 0 Å². The number of anilines is 1. The molecule has 19 heavy (non-hydrogen) atoms. The zero-order chi connectivity index (χ0) is 14.2. The van der Waals surface area contributed by atoms with E-state index in [1.165, 1.54) is 16.7 Å².